The smallest absolute Gasteiger partial charge is 0.303 e. The molecule has 0 bridgehead atoms. The summed E-state index contributed by atoms with van der Waals surface area (Å²) in [6, 6.07) is 4.19. The van der Waals surface area contributed by atoms with E-state index >= 15 is 0 Å². The molecule has 0 aliphatic heterocycles. The molecule has 4 aliphatic carbocycles. The Bertz CT molecular complexity index is 981. The van der Waals surface area contributed by atoms with Gasteiger partial charge in [-0.3, -0.25) is 9.59 Å². The topological polar surface area (TPSA) is 67.5 Å². The number of hydrogen-bond donors (Lipinski definition) is 1. The molecular formula is C27H34O4. The molecule has 1 heterocycles. The summed E-state index contributed by atoms with van der Waals surface area (Å²) in [7, 11) is 0. The lowest BCUT2D eigenvalue weighted by Gasteiger charge is -2.56. The molecule has 166 valence electrons. The number of aryl methyl sites for hydroxylation is 1. The van der Waals surface area contributed by atoms with E-state index in [-0.39, 0.29) is 29.0 Å². The third kappa shape index (κ3) is 3.16. The number of hydrogen-bond acceptors (Lipinski definition) is 3. The quantitative estimate of drug-likeness (QED) is 0.585. The van der Waals surface area contributed by atoms with Gasteiger partial charge in [0.15, 0.2) is 5.78 Å². The van der Waals surface area contributed by atoms with E-state index in [2.05, 4.69) is 32.1 Å². The van der Waals surface area contributed by atoms with Gasteiger partial charge in [0.2, 0.25) is 0 Å². The van der Waals surface area contributed by atoms with Gasteiger partial charge in [0.1, 0.15) is 11.5 Å². The number of carboxylic acid groups (broad SMARTS) is 1. The fraction of sp³-hybridized carbons (Fsp3) is 0.630. The van der Waals surface area contributed by atoms with Gasteiger partial charge in [-0.1, -0.05) is 31.1 Å². The van der Waals surface area contributed by atoms with Crippen LogP contribution in [0.5, 0.6) is 0 Å². The van der Waals surface area contributed by atoms with Crippen LogP contribution in [0.4, 0.5) is 0 Å². The average molecular weight is 423 g/mol. The standard InChI is InChI=1S/C27H34O4/c1-16-4-8-23(31-16)20-15-18-14-19(28)10-12-27(18,3)22-11-13-26(2)17(6-9-24(29)30)5-7-21(26)25(20)22/h4,8,11,14,17,20-21,25H,5-7,9-10,12-13,15H2,1-3H3,(H,29,30)/t17-,20+,21+,25+,26-,27+/m1/s1. The molecule has 0 amide bonds. The van der Waals surface area contributed by atoms with Gasteiger partial charge in [0, 0.05) is 24.2 Å². The number of rotatable bonds is 4. The minimum absolute atomic E-state index is 0.0167. The van der Waals surface area contributed by atoms with Gasteiger partial charge in [0.05, 0.1) is 0 Å². The van der Waals surface area contributed by atoms with Crippen molar-refractivity contribution in [1.82, 2.24) is 0 Å². The van der Waals surface area contributed by atoms with Gasteiger partial charge in [0.25, 0.3) is 0 Å². The first kappa shape index (κ1) is 20.8. The first-order chi connectivity index (χ1) is 14.7. The molecular weight excluding hydrogens is 388 g/mol. The lowest BCUT2D eigenvalue weighted by Crippen LogP contribution is -2.47. The Hall–Kier alpha value is -2.10. The molecule has 0 unspecified atom stereocenters. The van der Waals surface area contributed by atoms with E-state index in [0.717, 1.165) is 50.0 Å². The Morgan fingerprint density at radius 3 is 2.77 bits per heavy atom. The maximum atomic E-state index is 12.3. The van der Waals surface area contributed by atoms with Crippen molar-refractivity contribution in [2.24, 2.45) is 28.6 Å². The van der Waals surface area contributed by atoms with Crippen molar-refractivity contribution in [3.05, 3.63) is 47.0 Å². The minimum atomic E-state index is -0.685. The Labute approximate surface area is 184 Å². The predicted molar refractivity (Wildman–Crippen MR) is 119 cm³/mol. The van der Waals surface area contributed by atoms with Crippen molar-refractivity contribution in [1.29, 1.82) is 0 Å². The zero-order valence-electron chi connectivity index (χ0n) is 18.9. The Morgan fingerprint density at radius 2 is 2.06 bits per heavy atom. The fourth-order valence-corrected chi connectivity index (χ4v) is 7.66. The van der Waals surface area contributed by atoms with E-state index in [9.17, 15) is 14.7 Å². The Morgan fingerprint density at radius 1 is 1.26 bits per heavy atom. The van der Waals surface area contributed by atoms with Crippen molar-refractivity contribution in [2.75, 3.05) is 0 Å². The summed E-state index contributed by atoms with van der Waals surface area (Å²) < 4.78 is 6.18. The van der Waals surface area contributed by atoms with Gasteiger partial charge in [-0.05, 0) is 86.8 Å². The lowest BCUT2D eigenvalue weighted by atomic mass is 9.48. The molecule has 4 nitrogen and oxygen atoms in total. The van der Waals surface area contributed by atoms with Crippen molar-refractivity contribution >= 4 is 11.8 Å². The molecule has 0 radical (unpaired) electrons. The van der Waals surface area contributed by atoms with Crippen LogP contribution in [-0.2, 0) is 9.59 Å². The highest BCUT2D eigenvalue weighted by molar-refractivity contribution is 5.92. The van der Waals surface area contributed by atoms with Crippen molar-refractivity contribution in [2.45, 2.75) is 78.1 Å². The second-order valence-electron chi connectivity index (χ2n) is 10.9. The van der Waals surface area contributed by atoms with Crippen molar-refractivity contribution in [3.63, 3.8) is 0 Å². The molecule has 1 aromatic rings. The highest BCUT2D eigenvalue weighted by atomic mass is 16.4. The molecule has 4 heteroatoms. The van der Waals surface area contributed by atoms with Gasteiger partial charge in [-0.15, -0.1) is 0 Å². The van der Waals surface area contributed by atoms with Gasteiger partial charge in [-0.2, -0.15) is 0 Å². The maximum absolute atomic E-state index is 12.3. The first-order valence-corrected chi connectivity index (χ1v) is 11.9. The molecule has 4 aliphatic rings. The number of aliphatic carboxylic acids is 1. The van der Waals surface area contributed by atoms with E-state index in [0.29, 0.717) is 24.2 Å². The summed E-state index contributed by atoms with van der Waals surface area (Å²) >= 11 is 0. The van der Waals surface area contributed by atoms with Crippen LogP contribution in [0.25, 0.3) is 0 Å². The molecule has 1 N–H and O–H groups in total. The molecule has 2 saturated carbocycles. The molecule has 6 atom stereocenters. The highest BCUT2D eigenvalue weighted by Crippen LogP contribution is 2.67. The molecule has 0 spiro atoms. The molecule has 1 aromatic heterocycles. The summed E-state index contributed by atoms with van der Waals surface area (Å²) in [5, 5.41) is 9.26. The van der Waals surface area contributed by atoms with Crippen LogP contribution in [0, 0.1) is 35.5 Å². The summed E-state index contributed by atoms with van der Waals surface area (Å²) in [6.07, 6.45) is 11.2. The molecule has 0 saturated heterocycles. The Kier molecular flexibility index (Phi) is 4.84. The summed E-state index contributed by atoms with van der Waals surface area (Å²) in [6.45, 7) is 6.76. The second-order valence-corrected chi connectivity index (χ2v) is 10.9. The maximum Gasteiger partial charge on any atom is 0.303 e. The van der Waals surface area contributed by atoms with Gasteiger partial charge in [-0.25, -0.2) is 0 Å². The van der Waals surface area contributed by atoms with Crippen LogP contribution in [0.15, 0.2) is 39.8 Å². The SMILES string of the molecule is Cc1ccc([C@@H]2CC3=CC(=O)CC[C@]3(C)C3=CC[C@]4(C)[C@@H](CCC(=O)O)CC[C@H]4[C@@H]32)o1. The normalized spacial score (nSPS) is 39.3. The number of ketones is 1. The third-order valence-corrected chi connectivity index (χ3v) is 9.42. The summed E-state index contributed by atoms with van der Waals surface area (Å²) in [5.74, 6) is 3.23. The van der Waals surface area contributed by atoms with Crippen LogP contribution in [0.1, 0.15) is 82.7 Å². The minimum Gasteiger partial charge on any atom is -0.481 e. The largest absolute Gasteiger partial charge is 0.481 e. The van der Waals surface area contributed by atoms with Gasteiger partial charge < -0.3 is 9.52 Å². The number of fused-ring (bicyclic) bond motifs is 5. The highest BCUT2D eigenvalue weighted by Gasteiger charge is 2.58. The zero-order valence-corrected chi connectivity index (χ0v) is 18.9. The van der Waals surface area contributed by atoms with Crippen LogP contribution >= 0.6 is 0 Å². The Balaban J connectivity index is 1.58. The monoisotopic (exact) mass is 422 g/mol. The number of carbonyl (C=O) groups is 2. The average Bonchev–Trinajstić information content (AvgIpc) is 3.29. The van der Waals surface area contributed by atoms with Gasteiger partial charge >= 0.3 is 5.97 Å². The second kappa shape index (κ2) is 7.21. The summed E-state index contributed by atoms with van der Waals surface area (Å²) in [4.78, 5) is 23.6. The van der Waals surface area contributed by atoms with E-state index in [4.69, 9.17) is 4.42 Å². The van der Waals surface area contributed by atoms with E-state index in [1.54, 1.807) is 0 Å². The summed E-state index contributed by atoms with van der Waals surface area (Å²) in [5.41, 5.74) is 2.94. The number of carbonyl (C=O) groups excluding carboxylic acids is 1. The van der Waals surface area contributed by atoms with E-state index in [1.807, 2.05) is 13.0 Å². The molecule has 31 heavy (non-hydrogen) atoms. The number of allylic oxidation sites excluding steroid dienone is 4. The molecule has 2 fully saturated rings. The fourth-order valence-electron chi connectivity index (χ4n) is 7.66. The number of furan rings is 1. The van der Waals surface area contributed by atoms with Crippen LogP contribution < -0.4 is 0 Å². The van der Waals surface area contributed by atoms with E-state index in [1.165, 1.54) is 11.1 Å². The molecule has 0 aromatic carbocycles. The zero-order chi connectivity index (χ0) is 22.0. The van der Waals surface area contributed by atoms with Crippen molar-refractivity contribution in [3.8, 4) is 0 Å². The van der Waals surface area contributed by atoms with Crippen molar-refractivity contribution < 1.29 is 19.1 Å². The molecule has 5 rings (SSSR count). The van der Waals surface area contributed by atoms with Crippen LogP contribution in [0.2, 0.25) is 0 Å². The predicted octanol–water partition coefficient (Wildman–Crippen LogP) is 6.21. The third-order valence-electron chi connectivity index (χ3n) is 9.42. The van der Waals surface area contributed by atoms with Crippen LogP contribution in [0.3, 0.4) is 0 Å². The number of carboxylic acids is 1. The lowest BCUT2D eigenvalue weighted by molar-refractivity contribution is -0.137. The first-order valence-electron chi connectivity index (χ1n) is 11.9. The van der Waals surface area contributed by atoms with E-state index < -0.39 is 5.97 Å². The van der Waals surface area contributed by atoms with Crippen LogP contribution in [-0.4, -0.2) is 16.9 Å².